The van der Waals surface area contributed by atoms with E-state index in [9.17, 15) is 8.42 Å². The molecule has 30 heavy (non-hydrogen) atoms. The van der Waals surface area contributed by atoms with Crippen LogP contribution in [0.2, 0.25) is 0 Å². The third kappa shape index (κ3) is 5.16. The molecule has 0 saturated heterocycles. The van der Waals surface area contributed by atoms with Crippen molar-refractivity contribution in [2.45, 2.75) is 39.5 Å². The van der Waals surface area contributed by atoms with Gasteiger partial charge in [0.05, 0.1) is 17.2 Å². The van der Waals surface area contributed by atoms with E-state index in [1.807, 2.05) is 38.1 Å². The highest BCUT2D eigenvalue weighted by molar-refractivity contribution is 7.92. The fraction of sp³-hybridized carbons (Fsp3) is 0.304. The Kier molecular flexibility index (Phi) is 6.41. The van der Waals surface area contributed by atoms with Crippen molar-refractivity contribution in [3.05, 3.63) is 65.2 Å². The average Bonchev–Trinajstić information content (AvgIpc) is 2.70. The van der Waals surface area contributed by atoms with Crippen LogP contribution < -0.4 is 9.46 Å². The largest absolute Gasteiger partial charge is 0.476 e. The van der Waals surface area contributed by atoms with Gasteiger partial charge in [0.2, 0.25) is 5.88 Å². The summed E-state index contributed by atoms with van der Waals surface area (Å²) in [6, 6.07) is 14.3. The molecule has 0 atom stereocenters. The molecular weight excluding hydrogens is 398 g/mol. The maximum absolute atomic E-state index is 12.8. The summed E-state index contributed by atoms with van der Waals surface area (Å²) in [7, 11) is -3.67. The fourth-order valence-electron chi connectivity index (χ4n) is 2.95. The van der Waals surface area contributed by atoms with Crippen LogP contribution in [0.5, 0.6) is 5.88 Å². The second kappa shape index (κ2) is 8.83. The van der Waals surface area contributed by atoms with Gasteiger partial charge < -0.3 is 4.74 Å². The van der Waals surface area contributed by atoms with Gasteiger partial charge in [-0.2, -0.15) is 0 Å². The monoisotopic (exact) mass is 425 g/mol. The smallest absolute Gasteiger partial charge is 0.262 e. The molecule has 0 spiro atoms. The Labute approximate surface area is 178 Å². The number of benzene rings is 2. The molecule has 1 heterocycles. The molecule has 1 aromatic heterocycles. The van der Waals surface area contributed by atoms with Gasteiger partial charge in [0, 0.05) is 17.3 Å². The van der Waals surface area contributed by atoms with Crippen LogP contribution >= 0.6 is 0 Å². The molecule has 0 amide bonds. The number of ether oxygens (including phenoxy) is 1. The van der Waals surface area contributed by atoms with Crippen molar-refractivity contribution < 1.29 is 13.2 Å². The Morgan fingerprint density at radius 3 is 2.17 bits per heavy atom. The van der Waals surface area contributed by atoms with E-state index < -0.39 is 10.0 Å². The first kappa shape index (κ1) is 21.8. The molecule has 0 aliphatic rings. The molecule has 0 unspecified atom stereocenters. The van der Waals surface area contributed by atoms with Crippen LogP contribution in [0.4, 0.5) is 5.69 Å². The van der Waals surface area contributed by atoms with Crippen LogP contribution in [0.1, 0.15) is 30.5 Å². The highest BCUT2D eigenvalue weighted by Gasteiger charge is 2.18. The summed E-state index contributed by atoms with van der Waals surface area (Å²) in [6.07, 6.45) is 0. The second-order valence-electron chi connectivity index (χ2n) is 7.85. The molecule has 2 aromatic carbocycles. The van der Waals surface area contributed by atoms with E-state index in [0.717, 1.165) is 22.3 Å². The average molecular weight is 426 g/mol. The van der Waals surface area contributed by atoms with E-state index in [-0.39, 0.29) is 4.90 Å². The summed E-state index contributed by atoms with van der Waals surface area (Å²) in [5.74, 6) is 0.899. The molecule has 3 aromatic rings. The molecule has 3 rings (SSSR count). The van der Waals surface area contributed by atoms with Crippen LogP contribution in [0.25, 0.3) is 11.3 Å². The first-order valence-corrected chi connectivity index (χ1v) is 11.3. The number of anilines is 1. The van der Waals surface area contributed by atoms with Gasteiger partial charge in [-0.15, -0.1) is 10.2 Å². The molecule has 0 radical (unpaired) electrons. The van der Waals surface area contributed by atoms with Crippen LogP contribution in [-0.4, -0.2) is 25.2 Å². The zero-order valence-electron chi connectivity index (χ0n) is 17.9. The lowest BCUT2D eigenvalue weighted by Gasteiger charge is -2.13. The molecule has 1 N–H and O–H groups in total. The molecular formula is C23H27N3O3S. The van der Waals surface area contributed by atoms with Crippen molar-refractivity contribution in [3.8, 4) is 17.1 Å². The molecule has 0 aliphatic heterocycles. The molecule has 0 fully saturated rings. The number of nitrogens with one attached hydrogen (secondary N) is 1. The molecule has 158 valence electrons. The van der Waals surface area contributed by atoms with Gasteiger partial charge in [-0.05, 0) is 67.6 Å². The van der Waals surface area contributed by atoms with Gasteiger partial charge in [0.1, 0.15) is 0 Å². The van der Waals surface area contributed by atoms with E-state index in [1.54, 1.807) is 31.2 Å². The van der Waals surface area contributed by atoms with E-state index in [4.69, 9.17) is 4.74 Å². The number of aryl methyl sites for hydroxylation is 3. The Balaban J connectivity index is 1.75. The Morgan fingerprint density at radius 1 is 0.900 bits per heavy atom. The maximum atomic E-state index is 12.8. The zero-order valence-corrected chi connectivity index (χ0v) is 18.7. The van der Waals surface area contributed by atoms with Crippen molar-refractivity contribution in [1.82, 2.24) is 10.2 Å². The number of aromatic nitrogens is 2. The topological polar surface area (TPSA) is 81.2 Å². The highest BCUT2D eigenvalue weighted by atomic mass is 32.2. The zero-order chi connectivity index (χ0) is 21.9. The van der Waals surface area contributed by atoms with Gasteiger partial charge in [0.25, 0.3) is 10.0 Å². The number of hydrogen-bond donors (Lipinski definition) is 1. The van der Waals surface area contributed by atoms with Gasteiger partial charge >= 0.3 is 0 Å². The van der Waals surface area contributed by atoms with E-state index >= 15 is 0 Å². The van der Waals surface area contributed by atoms with Crippen molar-refractivity contribution in [2.75, 3.05) is 11.3 Å². The van der Waals surface area contributed by atoms with Gasteiger partial charge in [-0.25, -0.2) is 8.42 Å². The number of rotatable bonds is 7. The summed E-state index contributed by atoms with van der Waals surface area (Å²) in [5, 5.41) is 8.28. The summed E-state index contributed by atoms with van der Waals surface area (Å²) in [5.41, 5.74) is 4.74. The predicted molar refractivity (Wildman–Crippen MR) is 119 cm³/mol. The van der Waals surface area contributed by atoms with E-state index in [0.29, 0.717) is 29.8 Å². The normalized spacial score (nSPS) is 11.5. The number of sulfonamides is 1. The molecule has 6 nitrogen and oxygen atoms in total. The summed E-state index contributed by atoms with van der Waals surface area (Å²) < 4.78 is 33.9. The first-order valence-electron chi connectivity index (χ1n) is 9.83. The van der Waals surface area contributed by atoms with Gasteiger partial charge in [-0.1, -0.05) is 32.0 Å². The Morgan fingerprint density at radius 2 is 1.57 bits per heavy atom. The molecule has 0 bridgehead atoms. The number of nitrogens with zero attached hydrogens (tertiary/aromatic N) is 2. The van der Waals surface area contributed by atoms with Crippen LogP contribution in [-0.2, 0) is 10.0 Å². The minimum Gasteiger partial charge on any atom is -0.476 e. The Bertz CT molecular complexity index is 1120. The first-order chi connectivity index (χ1) is 14.2. The minimum absolute atomic E-state index is 0.289. The summed E-state index contributed by atoms with van der Waals surface area (Å²) in [4.78, 5) is 0.289. The molecule has 7 heteroatoms. The lowest BCUT2D eigenvalue weighted by Crippen LogP contribution is -2.14. The quantitative estimate of drug-likeness (QED) is 0.582. The SMILES string of the molecule is Cc1cc(C)c(S(=O)(=O)Nc2ccc(-c3ccc(OCC(C)C)nn3)cc2)cc1C. The second-order valence-corrected chi connectivity index (χ2v) is 9.50. The van der Waals surface area contributed by atoms with Crippen molar-refractivity contribution in [2.24, 2.45) is 5.92 Å². The maximum Gasteiger partial charge on any atom is 0.262 e. The van der Waals surface area contributed by atoms with Gasteiger partial charge in [-0.3, -0.25) is 4.72 Å². The summed E-state index contributed by atoms with van der Waals surface area (Å²) in [6.45, 7) is 10.4. The lowest BCUT2D eigenvalue weighted by molar-refractivity contribution is 0.258. The highest BCUT2D eigenvalue weighted by Crippen LogP contribution is 2.25. The Hall–Kier alpha value is -2.93. The standard InChI is InChI=1S/C23H27N3O3S/c1-15(2)14-29-23-11-10-21(24-25-23)19-6-8-20(9-7-19)26-30(27,28)22-13-17(4)16(3)12-18(22)5/h6-13,15,26H,14H2,1-5H3. The predicted octanol–water partition coefficient (Wildman–Crippen LogP) is 4.90. The van der Waals surface area contributed by atoms with Crippen LogP contribution in [0.3, 0.4) is 0 Å². The number of hydrogen-bond acceptors (Lipinski definition) is 5. The van der Waals surface area contributed by atoms with Crippen molar-refractivity contribution in [3.63, 3.8) is 0 Å². The third-order valence-electron chi connectivity index (χ3n) is 4.72. The van der Waals surface area contributed by atoms with Crippen molar-refractivity contribution >= 4 is 15.7 Å². The lowest BCUT2D eigenvalue weighted by atomic mass is 10.1. The van der Waals surface area contributed by atoms with Crippen LogP contribution in [0, 0.1) is 26.7 Å². The molecule has 0 saturated carbocycles. The van der Waals surface area contributed by atoms with E-state index in [2.05, 4.69) is 28.8 Å². The van der Waals surface area contributed by atoms with Crippen LogP contribution in [0.15, 0.2) is 53.4 Å². The van der Waals surface area contributed by atoms with Gasteiger partial charge in [0.15, 0.2) is 0 Å². The fourth-order valence-corrected chi connectivity index (χ4v) is 4.32. The summed E-state index contributed by atoms with van der Waals surface area (Å²) >= 11 is 0. The van der Waals surface area contributed by atoms with E-state index in [1.165, 1.54) is 0 Å². The molecule has 0 aliphatic carbocycles. The minimum atomic E-state index is -3.67. The third-order valence-corrected chi connectivity index (χ3v) is 6.24. The van der Waals surface area contributed by atoms with Crippen molar-refractivity contribution in [1.29, 1.82) is 0 Å².